The first-order chi connectivity index (χ1) is 7.87. The van der Waals surface area contributed by atoms with Crippen LogP contribution < -0.4 is 0 Å². The van der Waals surface area contributed by atoms with Crippen molar-refractivity contribution in [3.05, 3.63) is 41.0 Å². The summed E-state index contributed by atoms with van der Waals surface area (Å²) in [6.45, 7) is 0. The van der Waals surface area contributed by atoms with E-state index < -0.39 is 18.4 Å². The SMILES string of the molecule is O=C1OC(O)c2cc(/C=C/C(F)(F)F)ccc21. The van der Waals surface area contributed by atoms with Gasteiger partial charge in [-0.3, -0.25) is 0 Å². The fourth-order valence-corrected chi connectivity index (χ4v) is 1.49. The second-order valence-corrected chi connectivity index (χ2v) is 3.48. The number of esters is 1. The van der Waals surface area contributed by atoms with Crippen molar-refractivity contribution in [2.75, 3.05) is 0 Å². The average Bonchev–Trinajstić information content (AvgIpc) is 2.51. The van der Waals surface area contributed by atoms with E-state index in [0.29, 0.717) is 0 Å². The number of allylic oxidation sites excluding steroid dienone is 1. The highest BCUT2D eigenvalue weighted by atomic mass is 19.4. The summed E-state index contributed by atoms with van der Waals surface area (Å²) in [4.78, 5) is 11.1. The summed E-state index contributed by atoms with van der Waals surface area (Å²) in [5, 5.41) is 9.31. The van der Waals surface area contributed by atoms with E-state index in [4.69, 9.17) is 0 Å². The Morgan fingerprint density at radius 1 is 1.35 bits per heavy atom. The van der Waals surface area contributed by atoms with Crippen molar-refractivity contribution in [1.29, 1.82) is 0 Å². The number of carbonyl (C=O) groups is 1. The molecule has 3 nitrogen and oxygen atoms in total. The van der Waals surface area contributed by atoms with Crippen LogP contribution in [0, 0.1) is 0 Å². The van der Waals surface area contributed by atoms with E-state index in [1.807, 2.05) is 0 Å². The molecule has 0 bridgehead atoms. The first-order valence-electron chi connectivity index (χ1n) is 4.66. The van der Waals surface area contributed by atoms with E-state index >= 15 is 0 Å². The van der Waals surface area contributed by atoms with Crippen molar-refractivity contribution in [3.63, 3.8) is 0 Å². The molecule has 90 valence electrons. The summed E-state index contributed by atoms with van der Waals surface area (Å²) in [6.07, 6.45) is -4.87. The molecule has 1 aromatic carbocycles. The quantitative estimate of drug-likeness (QED) is 0.772. The number of cyclic esters (lactones) is 1. The van der Waals surface area contributed by atoms with Crippen molar-refractivity contribution in [2.24, 2.45) is 0 Å². The molecule has 1 N–H and O–H groups in total. The third-order valence-electron chi connectivity index (χ3n) is 2.25. The lowest BCUT2D eigenvalue weighted by Crippen LogP contribution is -2.00. The van der Waals surface area contributed by atoms with Gasteiger partial charge in [-0.15, -0.1) is 0 Å². The van der Waals surface area contributed by atoms with E-state index in [0.717, 1.165) is 6.08 Å². The molecule has 1 aromatic rings. The van der Waals surface area contributed by atoms with Crippen LogP contribution in [0.5, 0.6) is 0 Å². The third-order valence-corrected chi connectivity index (χ3v) is 2.25. The van der Waals surface area contributed by atoms with Gasteiger partial charge in [0.15, 0.2) is 0 Å². The van der Waals surface area contributed by atoms with Crippen LogP contribution in [-0.4, -0.2) is 17.3 Å². The smallest absolute Gasteiger partial charge is 0.409 e. The van der Waals surface area contributed by atoms with Crippen molar-refractivity contribution in [3.8, 4) is 0 Å². The van der Waals surface area contributed by atoms with Crippen LogP contribution >= 0.6 is 0 Å². The fraction of sp³-hybridized carbons (Fsp3) is 0.182. The maximum absolute atomic E-state index is 11.9. The van der Waals surface area contributed by atoms with E-state index in [2.05, 4.69) is 4.74 Å². The number of rotatable bonds is 1. The molecule has 0 fully saturated rings. The minimum Gasteiger partial charge on any atom is -0.428 e. The number of aliphatic hydroxyl groups excluding tert-OH is 1. The number of fused-ring (bicyclic) bond motifs is 1. The second kappa shape index (κ2) is 3.89. The van der Waals surface area contributed by atoms with E-state index in [1.54, 1.807) is 0 Å². The van der Waals surface area contributed by atoms with Gasteiger partial charge in [-0.2, -0.15) is 13.2 Å². The molecule has 1 atom stereocenters. The van der Waals surface area contributed by atoms with Gasteiger partial charge in [0.25, 0.3) is 0 Å². The number of halogens is 3. The molecule has 2 rings (SSSR count). The van der Waals surface area contributed by atoms with Crippen molar-refractivity contribution in [1.82, 2.24) is 0 Å². The molecule has 0 amide bonds. The summed E-state index contributed by atoms with van der Waals surface area (Å²) in [5.41, 5.74) is 0.583. The largest absolute Gasteiger partial charge is 0.428 e. The zero-order valence-corrected chi connectivity index (χ0v) is 8.36. The first-order valence-corrected chi connectivity index (χ1v) is 4.66. The predicted molar refractivity (Wildman–Crippen MR) is 51.9 cm³/mol. The number of benzene rings is 1. The molecular weight excluding hydrogens is 237 g/mol. The standard InChI is InChI=1S/C11H7F3O3/c12-11(13,14)4-3-6-1-2-7-8(5-6)10(16)17-9(7)15/h1-5,10,16H/b4-3+. The minimum absolute atomic E-state index is 0.0821. The van der Waals surface area contributed by atoms with Gasteiger partial charge in [-0.25, -0.2) is 4.79 Å². The zero-order valence-electron chi connectivity index (χ0n) is 8.36. The molecule has 1 aliphatic rings. The van der Waals surface area contributed by atoms with Gasteiger partial charge < -0.3 is 9.84 Å². The Balaban J connectivity index is 2.32. The van der Waals surface area contributed by atoms with Crippen molar-refractivity contribution < 1.29 is 27.8 Å². The monoisotopic (exact) mass is 244 g/mol. The number of carbonyl (C=O) groups excluding carboxylic acids is 1. The Bertz CT molecular complexity index is 491. The molecular formula is C11H7F3O3. The molecule has 1 aliphatic heterocycles. The Morgan fingerprint density at radius 2 is 2.06 bits per heavy atom. The van der Waals surface area contributed by atoms with Gasteiger partial charge >= 0.3 is 12.1 Å². The molecule has 0 saturated carbocycles. The van der Waals surface area contributed by atoms with E-state index in [9.17, 15) is 23.1 Å². The lowest BCUT2D eigenvalue weighted by Gasteiger charge is -2.02. The van der Waals surface area contributed by atoms with Gasteiger partial charge in [0.2, 0.25) is 6.29 Å². The number of hydrogen-bond acceptors (Lipinski definition) is 3. The molecule has 0 aliphatic carbocycles. The van der Waals surface area contributed by atoms with Crippen LogP contribution in [0.2, 0.25) is 0 Å². The van der Waals surface area contributed by atoms with Crippen LogP contribution in [0.4, 0.5) is 13.2 Å². The summed E-state index contributed by atoms with van der Waals surface area (Å²) < 4.78 is 40.3. The highest BCUT2D eigenvalue weighted by molar-refractivity contribution is 5.94. The summed E-state index contributed by atoms with van der Waals surface area (Å²) in [5.74, 6) is -0.682. The highest BCUT2D eigenvalue weighted by Crippen LogP contribution is 2.29. The molecule has 0 spiro atoms. The molecule has 17 heavy (non-hydrogen) atoms. The lowest BCUT2D eigenvalue weighted by atomic mass is 10.1. The van der Waals surface area contributed by atoms with Gasteiger partial charge in [-0.05, 0) is 17.7 Å². The Kier molecular flexibility index (Phi) is 2.66. The number of aliphatic hydroxyl groups is 1. The van der Waals surface area contributed by atoms with Gasteiger partial charge in [0.1, 0.15) is 0 Å². The van der Waals surface area contributed by atoms with Crippen LogP contribution in [0.1, 0.15) is 27.8 Å². The van der Waals surface area contributed by atoms with Crippen molar-refractivity contribution in [2.45, 2.75) is 12.5 Å². The molecule has 0 saturated heterocycles. The maximum Gasteiger partial charge on any atom is 0.409 e. The number of alkyl halides is 3. The normalized spacial score (nSPS) is 19.5. The summed E-state index contributed by atoms with van der Waals surface area (Å²) in [6, 6.07) is 3.96. The van der Waals surface area contributed by atoms with Gasteiger partial charge in [0.05, 0.1) is 5.56 Å². The van der Waals surface area contributed by atoms with Crippen LogP contribution in [0.15, 0.2) is 24.3 Å². The second-order valence-electron chi connectivity index (χ2n) is 3.48. The number of ether oxygens (including phenoxy) is 1. The van der Waals surface area contributed by atoms with Gasteiger partial charge in [0, 0.05) is 11.6 Å². The van der Waals surface area contributed by atoms with E-state index in [1.165, 1.54) is 18.2 Å². The molecule has 6 heteroatoms. The summed E-state index contributed by atoms with van der Waals surface area (Å²) in [7, 11) is 0. The van der Waals surface area contributed by atoms with Crippen LogP contribution in [0.3, 0.4) is 0 Å². The Hall–Kier alpha value is -1.82. The molecule has 0 radical (unpaired) electrons. The minimum atomic E-state index is -4.40. The van der Waals surface area contributed by atoms with Crippen LogP contribution in [0.25, 0.3) is 6.08 Å². The summed E-state index contributed by atoms with van der Waals surface area (Å²) >= 11 is 0. The molecule has 0 aromatic heterocycles. The molecule has 1 heterocycles. The maximum atomic E-state index is 11.9. The average molecular weight is 244 g/mol. The fourth-order valence-electron chi connectivity index (χ4n) is 1.49. The van der Waals surface area contributed by atoms with Crippen molar-refractivity contribution >= 4 is 12.0 Å². The highest BCUT2D eigenvalue weighted by Gasteiger charge is 2.29. The first kappa shape index (κ1) is 11.7. The van der Waals surface area contributed by atoms with Crippen LogP contribution in [-0.2, 0) is 4.74 Å². The van der Waals surface area contributed by atoms with E-state index in [-0.39, 0.29) is 22.8 Å². The zero-order chi connectivity index (χ0) is 12.6. The third kappa shape index (κ3) is 2.47. The van der Waals surface area contributed by atoms with Gasteiger partial charge in [-0.1, -0.05) is 12.1 Å². The molecule has 1 unspecified atom stereocenters. The predicted octanol–water partition coefficient (Wildman–Crippen LogP) is 2.42. The number of hydrogen-bond donors (Lipinski definition) is 1. The topological polar surface area (TPSA) is 46.5 Å². The Labute approximate surface area is 94.1 Å². The lowest BCUT2D eigenvalue weighted by molar-refractivity contribution is -0.0790. The Morgan fingerprint density at radius 3 is 2.71 bits per heavy atom.